The van der Waals surface area contributed by atoms with Crippen molar-refractivity contribution in [3.8, 4) is 0 Å². The number of likely N-dealkylation sites (tertiary alicyclic amines) is 1. The first-order chi connectivity index (χ1) is 14.2. The number of hydrogen-bond acceptors (Lipinski definition) is 5. The van der Waals surface area contributed by atoms with Gasteiger partial charge in [-0.3, -0.25) is 9.69 Å². The summed E-state index contributed by atoms with van der Waals surface area (Å²) in [5.41, 5.74) is 2.62. The molecule has 6 nitrogen and oxygen atoms in total. The molecule has 2 aliphatic heterocycles. The van der Waals surface area contributed by atoms with Gasteiger partial charge in [-0.05, 0) is 49.9 Å². The van der Waals surface area contributed by atoms with E-state index in [4.69, 9.17) is 11.6 Å². The largest absolute Gasteiger partial charge is 0.347 e. The minimum atomic E-state index is -0.268. The molecule has 3 heterocycles. The Morgan fingerprint density at radius 2 is 1.62 bits per heavy atom. The topological polar surface area (TPSA) is 61.4 Å². The molecule has 154 valence electrons. The minimum absolute atomic E-state index is 0.241. The van der Waals surface area contributed by atoms with Crippen LogP contribution in [0.5, 0.6) is 0 Å². The molecule has 0 atom stereocenters. The SMILES string of the molecule is O=C(NCc1ccc(CN2CCCCC2)cc1)c1nc(N2CCCC2)ncc1Cl. The quantitative estimate of drug-likeness (QED) is 0.783. The van der Waals surface area contributed by atoms with Gasteiger partial charge >= 0.3 is 0 Å². The zero-order valence-electron chi connectivity index (χ0n) is 16.7. The van der Waals surface area contributed by atoms with Gasteiger partial charge in [0.05, 0.1) is 11.2 Å². The summed E-state index contributed by atoms with van der Waals surface area (Å²) >= 11 is 6.18. The van der Waals surface area contributed by atoms with Crippen LogP contribution in [0, 0.1) is 0 Å². The highest BCUT2D eigenvalue weighted by Gasteiger charge is 2.19. The number of aromatic nitrogens is 2. The predicted octanol–water partition coefficient (Wildman–Crippen LogP) is 3.65. The van der Waals surface area contributed by atoms with Gasteiger partial charge in [-0.2, -0.15) is 0 Å². The lowest BCUT2D eigenvalue weighted by atomic mass is 10.1. The van der Waals surface area contributed by atoms with Gasteiger partial charge in [-0.25, -0.2) is 9.97 Å². The summed E-state index contributed by atoms with van der Waals surface area (Å²) in [4.78, 5) is 25.9. The Bertz CT molecular complexity index is 830. The van der Waals surface area contributed by atoms with Gasteiger partial charge in [-0.15, -0.1) is 0 Å². The van der Waals surface area contributed by atoms with E-state index in [1.54, 1.807) is 0 Å². The number of carbonyl (C=O) groups is 1. The molecule has 2 fully saturated rings. The number of anilines is 1. The fourth-order valence-electron chi connectivity index (χ4n) is 3.99. The van der Waals surface area contributed by atoms with E-state index in [0.29, 0.717) is 12.5 Å². The molecule has 1 aromatic carbocycles. The second-order valence-corrected chi connectivity index (χ2v) is 8.30. The number of hydrogen-bond donors (Lipinski definition) is 1. The van der Waals surface area contributed by atoms with Crippen LogP contribution in [0.1, 0.15) is 53.7 Å². The zero-order valence-corrected chi connectivity index (χ0v) is 17.5. The third-order valence-electron chi connectivity index (χ3n) is 5.67. The molecule has 2 saturated heterocycles. The van der Waals surface area contributed by atoms with Gasteiger partial charge in [0.15, 0.2) is 5.69 Å². The molecule has 2 aliphatic rings. The van der Waals surface area contributed by atoms with Gasteiger partial charge in [0.1, 0.15) is 0 Å². The summed E-state index contributed by atoms with van der Waals surface area (Å²) in [7, 11) is 0. The van der Waals surface area contributed by atoms with E-state index >= 15 is 0 Å². The highest BCUT2D eigenvalue weighted by molar-refractivity contribution is 6.33. The molecular weight excluding hydrogens is 386 g/mol. The number of amides is 1. The van der Waals surface area contributed by atoms with Crippen LogP contribution in [0.2, 0.25) is 5.02 Å². The molecule has 0 saturated carbocycles. The number of nitrogens with one attached hydrogen (secondary N) is 1. The molecule has 2 aromatic rings. The van der Waals surface area contributed by atoms with Crippen LogP contribution in [0.4, 0.5) is 5.95 Å². The van der Waals surface area contributed by atoms with Gasteiger partial charge < -0.3 is 10.2 Å². The molecule has 0 unspecified atom stereocenters. The molecule has 1 N–H and O–H groups in total. The van der Waals surface area contributed by atoms with Crippen molar-refractivity contribution in [2.24, 2.45) is 0 Å². The Balaban J connectivity index is 1.33. The van der Waals surface area contributed by atoms with Gasteiger partial charge in [0.2, 0.25) is 5.95 Å². The van der Waals surface area contributed by atoms with E-state index in [1.165, 1.54) is 44.1 Å². The van der Waals surface area contributed by atoms with Crippen molar-refractivity contribution in [2.45, 2.75) is 45.2 Å². The summed E-state index contributed by atoms with van der Waals surface area (Å²) in [5.74, 6) is 0.314. The maximum atomic E-state index is 12.6. The van der Waals surface area contributed by atoms with Crippen molar-refractivity contribution in [3.05, 3.63) is 52.3 Å². The van der Waals surface area contributed by atoms with Crippen molar-refractivity contribution in [1.29, 1.82) is 0 Å². The number of piperidine rings is 1. The average molecular weight is 414 g/mol. The smallest absolute Gasteiger partial charge is 0.271 e. The van der Waals surface area contributed by atoms with Crippen LogP contribution in [0.25, 0.3) is 0 Å². The van der Waals surface area contributed by atoms with Crippen LogP contribution in [0.3, 0.4) is 0 Å². The van der Waals surface area contributed by atoms with Gasteiger partial charge in [0.25, 0.3) is 5.91 Å². The monoisotopic (exact) mass is 413 g/mol. The highest BCUT2D eigenvalue weighted by Crippen LogP contribution is 2.20. The lowest BCUT2D eigenvalue weighted by Gasteiger charge is -2.26. The second kappa shape index (κ2) is 9.55. The maximum Gasteiger partial charge on any atom is 0.271 e. The Morgan fingerprint density at radius 3 is 2.34 bits per heavy atom. The fourth-order valence-corrected chi connectivity index (χ4v) is 4.17. The van der Waals surface area contributed by atoms with Crippen LogP contribution in [0.15, 0.2) is 30.5 Å². The molecule has 0 spiro atoms. The first-order valence-electron chi connectivity index (χ1n) is 10.5. The first-order valence-corrected chi connectivity index (χ1v) is 10.9. The number of carbonyl (C=O) groups excluding carboxylic acids is 1. The van der Waals surface area contributed by atoms with E-state index in [1.807, 2.05) is 0 Å². The molecule has 7 heteroatoms. The van der Waals surface area contributed by atoms with Crippen molar-refractivity contribution >= 4 is 23.5 Å². The van der Waals surface area contributed by atoms with Gasteiger partial charge in [0, 0.05) is 26.2 Å². The maximum absolute atomic E-state index is 12.6. The molecule has 1 amide bonds. The molecule has 0 radical (unpaired) electrons. The summed E-state index contributed by atoms with van der Waals surface area (Å²) in [6.07, 6.45) is 7.73. The van der Waals surface area contributed by atoms with Crippen molar-refractivity contribution in [1.82, 2.24) is 20.2 Å². The Morgan fingerprint density at radius 1 is 0.966 bits per heavy atom. The second-order valence-electron chi connectivity index (χ2n) is 7.90. The molecule has 0 bridgehead atoms. The van der Waals surface area contributed by atoms with Crippen molar-refractivity contribution < 1.29 is 4.79 Å². The Kier molecular flexibility index (Phi) is 6.62. The summed E-state index contributed by atoms with van der Waals surface area (Å²) < 4.78 is 0. The fraction of sp³-hybridized carbons (Fsp3) is 0.500. The Hall–Kier alpha value is -2.18. The molecule has 4 rings (SSSR count). The minimum Gasteiger partial charge on any atom is -0.347 e. The molecule has 0 aliphatic carbocycles. The van der Waals surface area contributed by atoms with Crippen molar-refractivity contribution in [3.63, 3.8) is 0 Å². The standard InChI is InChI=1S/C22H28ClN5O/c23-19-15-25-22(28-12-4-5-13-28)26-20(19)21(29)24-14-17-6-8-18(9-7-17)16-27-10-2-1-3-11-27/h6-9,15H,1-5,10-14,16H2,(H,24,29). The number of nitrogens with zero attached hydrogens (tertiary/aromatic N) is 4. The van der Waals surface area contributed by atoms with Crippen LogP contribution in [-0.4, -0.2) is 47.0 Å². The first kappa shape index (κ1) is 20.1. The number of benzene rings is 1. The summed E-state index contributed by atoms with van der Waals surface area (Å²) in [5, 5.41) is 3.21. The lowest BCUT2D eigenvalue weighted by Crippen LogP contribution is -2.29. The van der Waals surface area contributed by atoms with Gasteiger partial charge in [-0.1, -0.05) is 42.3 Å². The van der Waals surface area contributed by atoms with E-state index in [2.05, 4.69) is 49.4 Å². The molecular formula is C22H28ClN5O. The molecule has 29 heavy (non-hydrogen) atoms. The van der Waals surface area contributed by atoms with Crippen LogP contribution in [-0.2, 0) is 13.1 Å². The van der Waals surface area contributed by atoms with E-state index in [9.17, 15) is 4.79 Å². The number of rotatable bonds is 6. The number of halogens is 1. The lowest BCUT2D eigenvalue weighted by molar-refractivity contribution is 0.0946. The van der Waals surface area contributed by atoms with Crippen LogP contribution < -0.4 is 10.2 Å². The van der Waals surface area contributed by atoms with E-state index in [0.717, 1.165) is 38.0 Å². The van der Waals surface area contributed by atoms with E-state index < -0.39 is 0 Å². The predicted molar refractivity (Wildman–Crippen MR) is 115 cm³/mol. The molecule has 1 aromatic heterocycles. The van der Waals surface area contributed by atoms with E-state index in [-0.39, 0.29) is 16.6 Å². The average Bonchev–Trinajstić information content (AvgIpc) is 3.29. The highest BCUT2D eigenvalue weighted by atomic mass is 35.5. The Labute approximate surface area is 177 Å². The summed E-state index contributed by atoms with van der Waals surface area (Å²) in [6, 6.07) is 8.46. The van der Waals surface area contributed by atoms with Crippen molar-refractivity contribution in [2.75, 3.05) is 31.1 Å². The third-order valence-corrected chi connectivity index (χ3v) is 5.94. The zero-order chi connectivity index (χ0) is 20.1. The normalized spacial score (nSPS) is 17.5. The third kappa shape index (κ3) is 5.25. The summed E-state index contributed by atoms with van der Waals surface area (Å²) in [6.45, 7) is 5.68. The van der Waals surface area contributed by atoms with Crippen LogP contribution >= 0.6 is 11.6 Å².